The number of benzene rings is 1. The van der Waals surface area contributed by atoms with Crippen molar-refractivity contribution in [1.82, 2.24) is 19.4 Å². The van der Waals surface area contributed by atoms with Crippen LogP contribution in [0.3, 0.4) is 0 Å². The second-order valence-electron chi connectivity index (χ2n) is 8.60. The molecule has 2 aliphatic heterocycles. The lowest BCUT2D eigenvalue weighted by molar-refractivity contribution is 0.0977. The van der Waals surface area contributed by atoms with Crippen LogP contribution >= 0.6 is 0 Å². The van der Waals surface area contributed by atoms with E-state index in [9.17, 15) is 16.8 Å². The molecule has 1 aromatic carbocycles. The largest absolute Gasteiger partial charge is 0.327 e. The summed E-state index contributed by atoms with van der Waals surface area (Å²) in [5.74, 6) is 1.51. The van der Waals surface area contributed by atoms with Gasteiger partial charge in [-0.15, -0.1) is 0 Å². The molecule has 3 heterocycles. The molecule has 2 aliphatic rings. The smallest absolute Gasteiger partial charge is 0.238 e. The van der Waals surface area contributed by atoms with Gasteiger partial charge in [0.05, 0.1) is 34.0 Å². The van der Waals surface area contributed by atoms with Gasteiger partial charge in [0.1, 0.15) is 5.82 Å². The van der Waals surface area contributed by atoms with E-state index in [0.717, 1.165) is 63.3 Å². The summed E-state index contributed by atoms with van der Waals surface area (Å²) in [6.07, 6.45) is 2.80. The number of hydrogen-bond donors (Lipinski definition) is 1. The highest BCUT2D eigenvalue weighted by Gasteiger charge is 2.33. The van der Waals surface area contributed by atoms with Crippen LogP contribution in [0.15, 0.2) is 23.1 Å². The topological polar surface area (TPSA) is 119 Å². The van der Waals surface area contributed by atoms with Gasteiger partial charge in [-0.2, -0.15) is 0 Å². The molecule has 2 N–H and O–H groups in total. The summed E-state index contributed by atoms with van der Waals surface area (Å²) in [4.78, 5) is 9.48. The molecule has 2 fully saturated rings. The van der Waals surface area contributed by atoms with Crippen molar-refractivity contribution in [1.29, 1.82) is 0 Å². The summed E-state index contributed by atoms with van der Waals surface area (Å²) in [5, 5.41) is 5.29. The van der Waals surface area contributed by atoms with Crippen LogP contribution in [0.1, 0.15) is 32.0 Å². The molecule has 0 radical (unpaired) electrons. The Morgan fingerprint density at radius 3 is 2.55 bits per heavy atom. The van der Waals surface area contributed by atoms with Crippen molar-refractivity contribution in [2.45, 2.75) is 50.2 Å². The number of aromatic nitrogens is 2. The lowest BCUT2D eigenvalue weighted by Gasteiger charge is -2.37. The van der Waals surface area contributed by atoms with Crippen molar-refractivity contribution in [3.8, 4) is 0 Å². The SMILES string of the molecule is CCCCn1c(CN2CCN(C3CCS(=O)(=O)C3)CC2)nc2cc(S(N)(=O)=O)ccc21. The molecule has 0 amide bonds. The maximum atomic E-state index is 11.8. The van der Waals surface area contributed by atoms with Crippen LogP contribution in [-0.2, 0) is 33.0 Å². The maximum Gasteiger partial charge on any atom is 0.238 e. The van der Waals surface area contributed by atoms with E-state index in [4.69, 9.17) is 10.1 Å². The van der Waals surface area contributed by atoms with E-state index in [-0.39, 0.29) is 16.7 Å². The van der Waals surface area contributed by atoms with Crippen LogP contribution in [0, 0.1) is 0 Å². The monoisotopic (exact) mass is 469 g/mol. The number of unbranched alkanes of at least 4 members (excludes halogenated alkanes) is 1. The molecular weight excluding hydrogens is 438 g/mol. The van der Waals surface area contributed by atoms with Crippen LogP contribution in [0.5, 0.6) is 0 Å². The van der Waals surface area contributed by atoms with Gasteiger partial charge >= 0.3 is 0 Å². The van der Waals surface area contributed by atoms with Gasteiger partial charge in [-0.1, -0.05) is 13.3 Å². The third-order valence-electron chi connectivity index (χ3n) is 6.36. The Labute approximate surface area is 184 Å². The average molecular weight is 470 g/mol. The number of rotatable bonds is 7. The molecule has 1 aromatic heterocycles. The number of sulfone groups is 1. The lowest BCUT2D eigenvalue weighted by Crippen LogP contribution is -2.50. The van der Waals surface area contributed by atoms with Crippen molar-refractivity contribution in [3.63, 3.8) is 0 Å². The molecule has 2 saturated heterocycles. The molecule has 0 bridgehead atoms. The molecule has 1 atom stereocenters. The Morgan fingerprint density at radius 1 is 1.19 bits per heavy atom. The Balaban J connectivity index is 1.49. The minimum Gasteiger partial charge on any atom is -0.327 e. The molecular formula is C20H31N5O4S2. The van der Waals surface area contributed by atoms with Gasteiger partial charge in [-0.25, -0.2) is 27.0 Å². The van der Waals surface area contributed by atoms with E-state index in [1.54, 1.807) is 18.2 Å². The summed E-state index contributed by atoms with van der Waals surface area (Å²) in [6, 6.07) is 5.03. The number of imidazole rings is 1. The first kappa shape index (κ1) is 22.7. The molecule has 31 heavy (non-hydrogen) atoms. The van der Waals surface area contributed by atoms with Crippen molar-refractivity contribution >= 4 is 30.9 Å². The number of hydrogen-bond acceptors (Lipinski definition) is 7. The second-order valence-corrected chi connectivity index (χ2v) is 12.4. The molecule has 2 aromatic rings. The second kappa shape index (κ2) is 8.78. The molecule has 0 saturated carbocycles. The van der Waals surface area contributed by atoms with Gasteiger partial charge < -0.3 is 4.57 Å². The van der Waals surface area contributed by atoms with Crippen LogP contribution in [0.25, 0.3) is 11.0 Å². The summed E-state index contributed by atoms with van der Waals surface area (Å²) >= 11 is 0. The Hall–Kier alpha value is -1.53. The van der Waals surface area contributed by atoms with E-state index in [2.05, 4.69) is 21.3 Å². The van der Waals surface area contributed by atoms with E-state index in [0.29, 0.717) is 17.8 Å². The molecule has 0 aliphatic carbocycles. The van der Waals surface area contributed by atoms with E-state index in [1.165, 1.54) is 0 Å². The summed E-state index contributed by atoms with van der Waals surface area (Å²) in [6.45, 7) is 7.07. The number of piperazine rings is 1. The first-order valence-electron chi connectivity index (χ1n) is 10.8. The fourth-order valence-corrected chi connectivity index (χ4v) is 6.87. The number of primary sulfonamides is 1. The van der Waals surface area contributed by atoms with E-state index in [1.807, 2.05) is 0 Å². The molecule has 1 unspecified atom stereocenters. The number of nitrogens with zero attached hydrogens (tertiary/aromatic N) is 4. The standard InChI is InChI=1S/C20H31N5O4S2/c1-2-3-7-25-19-5-4-17(31(21,28)29)13-18(19)22-20(25)14-23-8-10-24(11-9-23)16-6-12-30(26,27)15-16/h4-5,13,16H,2-3,6-12,14-15H2,1H3,(H2,21,28,29). The number of aryl methyl sites for hydroxylation is 1. The number of nitrogens with two attached hydrogens (primary N) is 1. The third-order valence-corrected chi connectivity index (χ3v) is 9.02. The number of fused-ring (bicyclic) bond motifs is 1. The zero-order valence-electron chi connectivity index (χ0n) is 17.9. The van der Waals surface area contributed by atoms with Crippen molar-refractivity contribution in [2.24, 2.45) is 5.14 Å². The van der Waals surface area contributed by atoms with Gasteiger partial charge in [0.25, 0.3) is 0 Å². The summed E-state index contributed by atoms with van der Waals surface area (Å²) in [5.41, 5.74) is 1.57. The van der Waals surface area contributed by atoms with Crippen LogP contribution < -0.4 is 5.14 Å². The van der Waals surface area contributed by atoms with Gasteiger partial charge in [0.2, 0.25) is 10.0 Å². The van der Waals surface area contributed by atoms with E-state index < -0.39 is 19.9 Å². The van der Waals surface area contributed by atoms with Gasteiger partial charge in [0.15, 0.2) is 9.84 Å². The normalized spacial score (nSPS) is 23.0. The summed E-state index contributed by atoms with van der Waals surface area (Å²) in [7, 11) is -6.64. The van der Waals surface area contributed by atoms with Crippen molar-refractivity contribution < 1.29 is 16.8 Å². The fraction of sp³-hybridized carbons (Fsp3) is 0.650. The first-order chi connectivity index (χ1) is 14.7. The van der Waals surface area contributed by atoms with Crippen molar-refractivity contribution in [2.75, 3.05) is 37.7 Å². The van der Waals surface area contributed by atoms with Crippen LogP contribution in [-0.4, -0.2) is 79.9 Å². The van der Waals surface area contributed by atoms with Crippen molar-refractivity contribution in [3.05, 3.63) is 24.0 Å². The minimum atomic E-state index is -3.77. The van der Waals surface area contributed by atoms with Crippen LogP contribution in [0.4, 0.5) is 0 Å². The Kier molecular flexibility index (Phi) is 6.42. The molecule has 172 valence electrons. The lowest BCUT2D eigenvalue weighted by atomic mass is 10.2. The Morgan fingerprint density at radius 2 is 1.94 bits per heavy atom. The molecule has 0 spiro atoms. The zero-order chi connectivity index (χ0) is 22.2. The first-order valence-corrected chi connectivity index (χ1v) is 14.2. The predicted molar refractivity (Wildman–Crippen MR) is 120 cm³/mol. The van der Waals surface area contributed by atoms with Gasteiger partial charge in [0, 0.05) is 38.8 Å². The third kappa shape index (κ3) is 5.11. The Bertz CT molecular complexity index is 1150. The highest BCUT2D eigenvalue weighted by molar-refractivity contribution is 7.91. The highest BCUT2D eigenvalue weighted by Crippen LogP contribution is 2.23. The quantitative estimate of drug-likeness (QED) is 0.637. The molecule has 4 rings (SSSR count). The predicted octanol–water partition coefficient (Wildman–Crippen LogP) is 0.789. The maximum absolute atomic E-state index is 11.8. The fourth-order valence-electron chi connectivity index (χ4n) is 4.57. The average Bonchev–Trinajstić information content (AvgIpc) is 3.25. The van der Waals surface area contributed by atoms with Gasteiger partial charge in [-0.3, -0.25) is 9.80 Å². The zero-order valence-corrected chi connectivity index (χ0v) is 19.5. The van der Waals surface area contributed by atoms with Crippen LogP contribution in [0.2, 0.25) is 0 Å². The van der Waals surface area contributed by atoms with Gasteiger partial charge in [-0.05, 0) is 31.0 Å². The minimum absolute atomic E-state index is 0.0758. The van der Waals surface area contributed by atoms with E-state index >= 15 is 0 Å². The number of sulfonamides is 1. The molecule has 9 nitrogen and oxygen atoms in total. The molecule has 11 heteroatoms. The summed E-state index contributed by atoms with van der Waals surface area (Å²) < 4.78 is 49.2. The highest BCUT2D eigenvalue weighted by atomic mass is 32.2.